The van der Waals surface area contributed by atoms with Gasteiger partial charge < -0.3 is 4.57 Å². The first-order chi connectivity index (χ1) is 25.7. The molecule has 5 nitrogen and oxygen atoms in total. The molecule has 10 rings (SSSR count). The van der Waals surface area contributed by atoms with Crippen LogP contribution < -0.4 is 0 Å². The van der Waals surface area contributed by atoms with E-state index in [1.165, 1.54) is 10.8 Å². The molecule has 6 aromatic carbocycles. The molecule has 0 aliphatic carbocycles. The Balaban J connectivity index is 1.33. The molecule has 4 heterocycles. The van der Waals surface area contributed by atoms with Crippen molar-refractivity contribution in [2.24, 2.45) is 0 Å². The molecule has 0 atom stereocenters. The van der Waals surface area contributed by atoms with Gasteiger partial charge in [0.25, 0.3) is 0 Å². The lowest BCUT2D eigenvalue weighted by atomic mass is 10.1. The SMILES string of the molecule is C#C/C=C\c1c(C)c2ccccc2n1-c1cc(-c2ccccc2-n2c3ccccc3c3ccccc32)nc(-n2c3ccccc3c3ccccc32)n1. The Labute approximate surface area is 300 Å². The lowest BCUT2D eigenvalue weighted by molar-refractivity contribution is 0.934. The fourth-order valence-electron chi connectivity index (χ4n) is 7.97. The van der Waals surface area contributed by atoms with Crippen LogP contribution >= 0.6 is 0 Å². The van der Waals surface area contributed by atoms with Crippen LogP contribution in [0.2, 0.25) is 0 Å². The summed E-state index contributed by atoms with van der Waals surface area (Å²) in [7, 11) is 0. The van der Waals surface area contributed by atoms with E-state index in [-0.39, 0.29) is 0 Å². The molecule has 0 aliphatic heterocycles. The molecule has 10 aromatic rings. The van der Waals surface area contributed by atoms with Gasteiger partial charge in [-0.15, -0.1) is 6.42 Å². The van der Waals surface area contributed by atoms with Crippen LogP contribution in [0.4, 0.5) is 0 Å². The largest absolute Gasteiger partial charge is 0.309 e. The minimum absolute atomic E-state index is 0.587. The van der Waals surface area contributed by atoms with Gasteiger partial charge in [-0.25, -0.2) is 4.98 Å². The predicted molar refractivity (Wildman–Crippen MR) is 216 cm³/mol. The van der Waals surface area contributed by atoms with Gasteiger partial charge >= 0.3 is 0 Å². The molecule has 0 aliphatic rings. The smallest absolute Gasteiger partial charge is 0.237 e. The van der Waals surface area contributed by atoms with Crippen LogP contribution in [0.5, 0.6) is 0 Å². The molecule has 0 unspecified atom stereocenters. The van der Waals surface area contributed by atoms with Gasteiger partial charge in [0.2, 0.25) is 5.95 Å². The van der Waals surface area contributed by atoms with Crippen molar-refractivity contribution in [2.45, 2.75) is 6.92 Å². The lowest BCUT2D eigenvalue weighted by Gasteiger charge is -2.17. The molecule has 4 aromatic heterocycles. The van der Waals surface area contributed by atoms with Crippen LogP contribution in [0.3, 0.4) is 0 Å². The van der Waals surface area contributed by atoms with Crippen molar-refractivity contribution in [3.63, 3.8) is 0 Å². The van der Waals surface area contributed by atoms with Crippen molar-refractivity contribution in [1.82, 2.24) is 23.7 Å². The summed E-state index contributed by atoms with van der Waals surface area (Å²) in [5, 5.41) is 5.87. The highest BCUT2D eigenvalue weighted by Crippen LogP contribution is 2.38. The highest BCUT2D eigenvalue weighted by atomic mass is 15.2. The summed E-state index contributed by atoms with van der Waals surface area (Å²) in [5.74, 6) is 4.03. The van der Waals surface area contributed by atoms with Crippen molar-refractivity contribution in [2.75, 3.05) is 0 Å². The van der Waals surface area contributed by atoms with E-state index < -0.39 is 0 Å². The Bertz CT molecular complexity index is 3000. The van der Waals surface area contributed by atoms with Gasteiger partial charge in [0, 0.05) is 38.6 Å². The third-order valence-corrected chi connectivity index (χ3v) is 10.2. The molecule has 0 saturated heterocycles. The van der Waals surface area contributed by atoms with Gasteiger partial charge in [0.1, 0.15) is 5.82 Å². The fourth-order valence-corrected chi connectivity index (χ4v) is 7.97. The van der Waals surface area contributed by atoms with Crippen LogP contribution in [-0.4, -0.2) is 23.7 Å². The summed E-state index contributed by atoms with van der Waals surface area (Å²) in [5.41, 5.74) is 10.4. The Morgan fingerprint density at radius 1 is 0.519 bits per heavy atom. The normalized spacial score (nSPS) is 11.8. The highest BCUT2D eigenvalue weighted by Gasteiger charge is 2.22. The highest BCUT2D eigenvalue weighted by molar-refractivity contribution is 6.10. The van der Waals surface area contributed by atoms with Gasteiger partial charge in [0.05, 0.1) is 44.7 Å². The van der Waals surface area contributed by atoms with Gasteiger partial charge in [-0.05, 0) is 61.0 Å². The first kappa shape index (κ1) is 29.7. The van der Waals surface area contributed by atoms with Crippen LogP contribution in [0.1, 0.15) is 11.3 Å². The second kappa shape index (κ2) is 11.7. The molecule has 0 spiro atoms. The van der Waals surface area contributed by atoms with Crippen LogP contribution in [-0.2, 0) is 0 Å². The maximum atomic E-state index is 5.77. The van der Waals surface area contributed by atoms with Crippen molar-refractivity contribution in [1.29, 1.82) is 0 Å². The molecule has 0 N–H and O–H groups in total. The third-order valence-electron chi connectivity index (χ3n) is 10.2. The zero-order chi connectivity index (χ0) is 34.8. The number of hydrogen-bond donors (Lipinski definition) is 0. The van der Waals surface area contributed by atoms with E-state index in [1.54, 1.807) is 6.08 Å². The summed E-state index contributed by atoms with van der Waals surface area (Å²) >= 11 is 0. The molecular weight excluding hydrogens is 635 g/mol. The van der Waals surface area contributed by atoms with Crippen LogP contribution in [0, 0.1) is 19.3 Å². The van der Waals surface area contributed by atoms with Crippen molar-refractivity contribution in [3.8, 4) is 41.1 Å². The summed E-state index contributed by atoms with van der Waals surface area (Å²) in [6.45, 7) is 2.14. The van der Waals surface area contributed by atoms with E-state index in [9.17, 15) is 0 Å². The zero-order valence-corrected chi connectivity index (χ0v) is 28.4. The first-order valence-electron chi connectivity index (χ1n) is 17.4. The Kier molecular flexibility index (Phi) is 6.70. The molecule has 244 valence electrons. The third kappa shape index (κ3) is 4.38. The van der Waals surface area contributed by atoms with E-state index >= 15 is 0 Å². The van der Waals surface area contributed by atoms with Gasteiger partial charge in [-0.2, -0.15) is 4.98 Å². The van der Waals surface area contributed by atoms with Crippen LogP contribution in [0.25, 0.3) is 89.3 Å². The van der Waals surface area contributed by atoms with E-state index in [0.29, 0.717) is 5.95 Å². The molecule has 0 bridgehead atoms. The average Bonchev–Trinajstić information content (AvgIpc) is 3.82. The zero-order valence-electron chi connectivity index (χ0n) is 28.4. The molecule has 52 heavy (non-hydrogen) atoms. The topological polar surface area (TPSA) is 40.6 Å². The minimum atomic E-state index is 0.587. The number of rotatable bonds is 5. The summed E-state index contributed by atoms with van der Waals surface area (Å²) in [4.78, 5) is 10.9. The quantitative estimate of drug-likeness (QED) is 0.172. The summed E-state index contributed by atoms with van der Waals surface area (Å²) in [6.07, 6.45) is 9.53. The number of hydrogen-bond acceptors (Lipinski definition) is 2. The number of para-hydroxylation sites is 6. The van der Waals surface area contributed by atoms with Crippen molar-refractivity contribution < 1.29 is 0 Å². The number of allylic oxidation sites excluding steroid dienone is 1. The maximum absolute atomic E-state index is 5.77. The van der Waals surface area contributed by atoms with E-state index in [2.05, 4.69) is 178 Å². The fraction of sp³-hybridized carbons (Fsp3) is 0.0213. The maximum Gasteiger partial charge on any atom is 0.237 e. The first-order valence-corrected chi connectivity index (χ1v) is 17.4. The molecule has 0 radical (unpaired) electrons. The second-order valence-corrected chi connectivity index (χ2v) is 13.0. The lowest BCUT2D eigenvalue weighted by Crippen LogP contribution is -2.09. The molecule has 5 heteroatoms. The minimum Gasteiger partial charge on any atom is -0.309 e. The Morgan fingerprint density at radius 2 is 0.981 bits per heavy atom. The molecular formula is C47H31N5. The Morgan fingerprint density at radius 3 is 1.54 bits per heavy atom. The monoisotopic (exact) mass is 665 g/mol. The van der Waals surface area contributed by atoms with Crippen molar-refractivity contribution in [3.05, 3.63) is 169 Å². The summed E-state index contributed by atoms with van der Waals surface area (Å²) in [6, 6.07) is 53.3. The van der Waals surface area contributed by atoms with E-state index in [4.69, 9.17) is 16.4 Å². The van der Waals surface area contributed by atoms with Gasteiger partial charge in [-0.3, -0.25) is 9.13 Å². The standard InChI is InChI=1S/C47H31N5/c1-3-4-23-39-31(2)32-17-5-11-24-40(32)51(39)46-30-38(48-47(49-46)52-43-27-14-8-20-35(43)36-21-9-15-28-44(36)52)37-22-10-16-29-45(37)50-41-25-12-6-18-33(41)34-19-7-13-26-42(34)50/h1,4-30H,2H3/b23-4-. The molecule has 0 amide bonds. The second-order valence-electron chi connectivity index (χ2n) is 13.0. The van der Waals surface area contributed by atoms with E-state index in [0.717, 1.165) is 77.8 Å². The number of aromatic nitrogens is 5. The van der Waals surface area contributed by atoms with Gasteiger partial charge in [-0.1, -0.05) is 115 Å². The molecule has 0 saturated carbocycles. The summed E-state index contributed by atoms with van der Waals surface area (Å²) < 4.78 is 6.76. The van der Waals surface area contributed by atoms with Crippen LogP contribution in [0.15, 0.2) is 158 Å². The van der Waals surface area contributed by atoms with E-state index in [1.807, 2.05) is 6.08 Å². The number of benzene rings is 6. The Hall–Kier alpha value is -7.16. The number of aryl methyl sites for hydroxylation is 1. The number of terminal acetylenes is 1. The van der Waals surface area contributed by atoms with Crippen molar-refractivity contribution >= 4 is 60.6 Å². The molecule has 0 fully saturated rings. The predicted octanol–water partition coefficient (Wildman–Crippen LogP) is 11.2. The average molecular weight is 666 g/mol. The van der Waals surface area contributed by atoms with Gasteiger partial charge in [0.15, 0.2) is 0 Å². The number of fused-ring (bicyclic) bond motifs is 7. The number of nitrogens with zero attached hydrogens (tertiary/aromatic N) is 5.